The predicted molar refractivity (Wildman–Crippen MR) is 55.8 cm³/mol. The largest absolute Gasteiger partial charge is 0.467 e. The quantitative estimate of drug-likeness (QED) is 0.672. The van der Waals surface area contributed by atoms with E-state index in [0.717, 1.165) is 7.11 Å². The monoisotopic (exact) mass is 294 g/mol. The Morgan fingerprint density at radius 2 is 2.06 bits per heavy atom. The van der Waals surface area contributed by atoms with Crippen LogP contribution >= 0.6 is 15.9 Å². The van der Waals surface area contributed by atoms with Crippen molar-refractivity contribution in [3.63, 3.8) is 0 Å². The van der Waals surface area contributed by atoms with Gasteiger partial charge in [0.15, 0.2) is 6.10 Å². The first-order chi connectivity index (χ1) is 7.40. The molecule has 1 aromatic rings. The van der Waals surface area contributed by atoms with Crippen LogP contribution in [0.25, 0.3) is 0 Å². The van der Waals surface area contributed by atoms with Crippen LogP contribution in [0.3, 0.4) is 0 Å². The maximum absolute atomic E-state index is 13.6. The van der Waals surface area contributed by atoms with E-state index >= 15 is 0 Å². The van der Waals surface area contributed by atoms with Crippen LogP contribution in [0, 0.1) is 18.6 Å². The van der Waals surface area contributed by atoms with Gasteiger partial charge in [0.1, 0.15) is 11.6 Å². The molecule has 0 radical (unpaired) electrons. The van der Waals surface area contributed by atoms with E-state index in [-0.39, 0.29) is 10.0 Å². The zero-order valence-corrected chi connectivity index (χ0v) is 10.1. The number of hydrogen-bond acceptors (Lipinski definition) is 3. The van der Waals surface area contributed by atoms with E-state index in [0.29, 0.717) is 0 Å². The molecule has 1 aromatic carbocycles. The Morgan fingerprint density at radius 1 is 1.50 bits per heavy atom. The minimum Gasteiger partial charge on any atom is -0.467 e. The number of aliphatic hydroxyl groups is 1. The molecule has 88 valence electrons. The summed E-state index contributed by atoms with van der Waals surface area (Å²) in [6, 6.07) is 1.22. The van der Waals surface area contributed by atoms with Crippen molar-refractivity contribution in [2.24, 2.45) is 0 Å². The molecule has 6 heteroatoms. The highest BCUT2D eigenvalue weighted by atomic mass is 79.9. The lowest BCUT2D eigenvalue weighted by Gasteiger charge is -2.13. The van der Waals surface area contributed by atoms with Crippen molar-refractivity contribution in [2.45, 2.75) is 13.0 Å². The van der Waals surface area contributed by atoms with E-state index in [2.05, 4.69) is 20.7 Å². The molecule has 1 N–H and O–H groups in total. The van der Waals surface area contributed by atoms with Crippen LogP contribution in [0.4, 0.5) is 8.78 Å². The molecule has 0 fully saturated rings. The van der Waals surface area contributed by atoms with Crippen molar-refractivity contribution in [2.75, 3.05) is 7.11 Å². The number of methoxy groups -OCH3 is 1. The average molecular weight is 295 g/mol. The number of aliphatic hydroxyl groups excluding tert-OH is 1. The van der Waals surface area contributed by atoms with Gasteiger partial charge in [-0.3, -0.25) is 0 Å². The van der Waals surface area contributed by atoms with Crippen LogP contribution in [0.1, 0.15) is 17.2 Å². The fraction of sp³-hybridized carbons (Fsp3) is 0.300. The van der Waals surface area contributed by atoms with Gasteiger partial charge in [-0.15, -0.1) is 0 Å². The minimum atomic E-state index is -1.97. The molecule has 1 unspecified atom stereocenters. The normalized spacial score (nSPS) is 12.4. The molecule has 0 aliphatic heterocycles. The standard InChI is InChI=1S/C10H9BrF2O3/c1-4-3-5(11)8(13)6(7(4)12)9(14)10(15)16-2/h3,9,14H,1-2H3. The van der Waals surface area contributed by atoms with E-state index in [1.807, 2.05) is 0 Å². The Labute approximate surface area is 99.2 Å². The van der Waals surface area contributed by atoms with E-state index in [1.165, 1.54) is 13.0 Å². The van der Waals surface area contributed by atoms with Gasteiger partial charge >= 0.3 is 5.97 Å². The molecule has 0 aromatic heterocycles. The van der Waals surface area contributed by atoms with Crippen LogP contribution in [0.2, 0.25) is 0 Å². The second-order valence-corrected chi connectivity index (χ2v) is 4.00. The summed E-state index contributed by atoms with van der Waals surface area (Å²) in [5.41, 5.74) is -0.593. The topological polar surface area (TPSA) is 46.5 Å². The molecule has 1 rings (SSSR count). The third-order valence-electron chi connectivity index (χ3n) is 2.07. The number of rotatable bonds is 2. The molecule has 3 nitrogen and oxygen atoms in total. The van der Waals surface area contributed by atoms with Gasteiger partial charge < -0.3 is 9.84 Å². The number of aryl methyl sites for hydroxylation is 1. The minimum absolute atomic E-state index is 0.0237. The van der Waals surface area contributed by atoms with Crippen LogP contribution in [0.15, 0.2) is 10.5 Å². The number of hydrogen-bond donors (Lipinski definition) is 1. The fourth-order valence-corrected chi connectivity index (χ4v) is 1.78. The van der Waals surface area contributed by atoms with Crippen LogP contribution in [-0.4, -0.2) is 18.2 Å². The van der Waals surface area contributed by atoms with E-state index in [4.69, 9.17) is 0 Å². The fourth-order valence-electron chi connectivity index (χ4n) is 1.22. The molecule has 0 aliphatic carbocycles. The van der Waals surface area contributed by atoms with Crippen molar-refractivity contribution in [1.29, 1.82) is 0 Å². The molecule has 0 heterocycles. The number of halogens is 3. The Hall–Kier alpha value is -1.01. The first kappa shape index (κ1) is 13.1. The molecular formula is C10H9BrF2O3. The zero-order valence-electron chi connectivity index (χ0n) is 8.55. The molecule has 0 aliphatic rings. The molecule has 0 saturated heterocycles. The third kappa shape index (κ3) is 2.22. The summed E-state index contributed by atoms with van der Waals surface area (Å²) in [4.78, 5) is 11.0. The van der Waals surface area contributed by atoms with Gasteiger partial charge in [-0.25, -0.2) is 13.6 Å². The lowest BCUT2D eigenvalue weighted by molar-refractivity contribution is -0.151. The highest BCUT2D eigenvalue weighted by Gasteiger charge is 2.28. The number of esters is 1. The molecule has 0 bridgehead atoms. The summed E-state index contributed by atoms with van der Waals surface area (Å²) >= 11 is 2.87. The number of carbonyl (C=O) groups excluding carboxylic acids is 1. The molecule has 16 heavy (non-hydrogen) atoms. The second kappa shape index (κ2) is 4.88. The van der Waals surface area contributed by atoms with Crippen molar-refractivity contribution in [3.05, 3.63) is 33.3 Å². The lowest BCUT2D eigenvalue weighted by Crippen LogP contribution is -2.17. The summed E-state index contributed by atoms with van der Waals surface area (Å²) in [5.74, 6) is -3.09. The summed E-state index contributed by atoms with van der Waals surface area (Å²) in [7, 11) is 1.02. The predicted octanol–water partition coefficient (Wildman–Crippen LogP) is 2.24. The highest BCUT2D eigenvalue weighted by Crippen LogP contribution is 2.29. The van der Waals surface area contributed by atoms with Crippen molar-refractivity contribution >= 4 is 21.9 Å². The van der Waals surface area contributed by atoms with Gasteiger partial charge in [0.05, 0.1) is 17.1 Å². The second-order valence-electron chi connectivity index (χ2n) is 3.14. The third-order valence-corrected chi connectivity index (χ3v) is 2.65. The first-order valence-corrected chi connectivity index (χ1v) is 5.09. The lowest BCUT2D eigenvalue weighted by atomic mass is 10.0. The maximum atomic E-state index is 13.6. The number of carbonyl (C=O) groups is 1. The maximum Gasteiger partial charge on any atom is 0.339 e. The Balaban J connectivity index is 3.37. The van der Waals surface area contributed by atoms with Crippen LogP contribution < -0.4 is 0 Å². The average Bonchev–Trinajstić information content (AvgIpc) is 2.25. The summed E-state index contributed by atoms with van der Waals surface area (Å²) in [5, 5.41) is 9.42. The molecular weight excluding hydrogens is 286 g/mol. The Morgan fingerprint density at radius 3 is 2.56 bits per heavy atom. The van der Waals surface area contributed by atoms with Gasteiger partial charge in [0, 0.05) is 0 Å². The number of benzene rings is 1. The smallest absolute Gasteiger partial charge is 0.339 e. The SMILES string of the molecule is COC(=O)C(O)c1c(F)c(C)cc(Br)c1F. The van der Waals surface area contributed by atoms with Gasteiger partial charge in [0.25, 0.3) is 0 Å². The summed E-state index contributed by atoms with van der Waals surface area (Å²) < 4.78 is 31.3. The van der Waals surface area contributed by atoms with E-state index in [1.54, 1.807) is 0 Å². The van der Waals surface area contributed by atoms with Crippen molar-refractivity contribution in [1.82, 2.24) is 0 Å². The van der Waals surface area contributed by atoms with Gasteiger partial charge in [-0.1, -0.05) is 0 Å². The molecule has 0 amide bonds. The van der Waals surface area contributed by atoms with Crippen molar-refractivity contribution < 1.29 is 23.4 Å². The van der Waals surface area contributed by atoms with Gasteiger partial charge in [-0.05, 0) is 34.5 Å². The number of ether oxygens (including phenoxy) is 1. The molecule has 0 spiro atoms. The zero-order chi connectivity index (χ0) is 12.5. The molecule has 1 atom stereocenters. The first-order valence-electron chi connectivity index (χ1n) is 4.30. The Kier molecular flexibility index (Phi) is 3.98. The molecule has 0 saturated carbocycles. The van der Waals surface area contributed by atoms with Crippen molar-refractivity contribution in [3.8, 4) is 0 Å². The summed E-state index contributed by atoms with van der Waals surface area (Å²) in [6.45, 7) is 1.40. The van der Waals surface area contributed by atoms with Crippen LogP contribution in [0.5, 0.6) is 0 Å². The summed E-state index contributed by atoms with van der Waals surface area (Å²) in [6.07, 6.45) is -1.97. The van der Waals surface area contributed by atoms with Gasteiger partial charge in [0.2, 0.25) is 0 Å². The Bertz CT molecular complexity index is 408. The van der Waals surface area contributed by atoms with Gasteiger partial charge in [-0.2, -0.15) is 0 Å². The van der Waals surface area contributed by atoms with Crippen LogP contribution in [-0.2, 0) is 9.53 Å². The van der Waals surface area contributed by atoms with E-state index < -0.39 is 29.3 Å². The highest BCUT2D eigenvalue weighted by molar-refractivity contribution is 9.10. The van der Waals surface area contributed by atoms with E-state index in [9.17, 15) is 18.7 Å².